The van der Waals surface area contributed by atoms with Gasteiger partial charge in [-0.25, -0.2) is 4.68 Å². The highest BCUT2D eigenvalue weighted by Crippen LogP contribution is 2.22. The summed E-state index contributed by atoms with van der Waals surface area (Å²) in [5.74, 6) is 2.20. The van der Waals surface area contributed by atoms with E-state index in [4.69, 9.17) is 5.73 Å². The van der Waals surface area contributed by atoms with Crippen molar-refractivity contribution in [3.8, 4) is 0 Å². The predicted octanol–water partition coefficient (Wildman–Crippen LogP) is 1.36. The summed E-state index contributed by atoms with van der Waals surface area (Å²) in [6.45, 7) is 7.44. The number of nitrogens with two attached hydrogens (primary N) is 1. The fourth-order valence-electron chi connectivity index (χ4n) is 1.58. The largest absolute Gasteiger partial charge is 0.394 e. The Hall–Kier alpha value is -1.04. The summed E-state index contributed by atoms with van der Waals surface area (Å²) in [6, 6.07) is 0. The zero-order chi connectivity index (χ0) is 12.8. The Morgan fingerprint density at radius 1 is 1.47 bits per heavy atom. The minimum Gasteiger partial charge on any atom is -0.394 e. The van der Waals surface area contributed by atoms with Gasteiger partial charge in [0.1, 0.15) is 5.82 Å². The van der Waals surface area contributed by atoms with E-state index < -0.39 is 10.8 Å². The first-order valence-electron chi connectivity index (χ1n) is 6.01. The maximum absolute atomic E-state index is 11.3. The maximum atomic E-state index is 11.3. The van der Waals surface area contributed by atoms with Gasteiger partial charge in [-0.2, -0.15) is 5.10 Å². The topological polar surface area (TPSA) is 72.9 Å². The average molecular weight is 258 g/mol. The van der Waals surface area contributed by atoms with E-state index in [2.05, 4.69) is 17.3 Å². The van der Waals surface area contributed by atoms with Crippen LogP contribution in [0.5, 0.6) is 0 Å². The van der Waals surface area contributed by atoms with Gasteiger partial charge in [-0.15, -0.1) is 0 Å². The van der Waals surface area contributed by atoms with Crippen molar-refractivity contribution in [1.82, 2.24) is 9.78 Å². The molecule has 0 bridgehead atoms. The van der Waals surface area contributed by atoms with Crippen LogP contribution in [0.2, 0.25) is 0 Å². The normalized spacial score (nSPS) is 12.6. The van der Waals surface area contributed by atoms with Crippen LogP contribution in [0, 0.1) is 6.92 Å². The van der Waals surface area contributed by atoms with Gasteiger partial charge in [0.15, 0.2) is 0 Å². The Morgan fingerprint density at radius 2 is 2.18 bits per heavy atom. The van der Waals surface area contributed by atoms with Crippen molar-refractivity contribution >= 4 is 22.3 Å². The van der Waals surface area contributed by atoms with Crippen LogP contribution >= 0.6 is 0 Å². The van der Waals surface area contributed by atoms with E-state index in [1.165, 1.54) is 0 Å². The molecule has 1 unspecified atom stereocenters. The predicted molar refractivity (Wildman–Crippen MR) is 73.7 cm³/mol. The van der Waals surface area contributed by atoms with Crippen LogP contribution in [0.15, 0.2) is 0 Å². The molecule has 0 aliphatic heterocycles. The van der Waals surface area contributed by atoms with Gasteiger partial charge in [-0.1, -0.05) is 13.8 Å². The molecule has 0 aliphatic carbocycles. The molecule has 0 aromatic carbocycles. The summed E-state index contributed by atoms with van der Waals surface area (Å²) < 4.78 is 13.2. The van der Waals surface area contributed by atoms with Crippen LogP contribution in [0.1, 0.15) is 26.0 Å². The molecule has 0 radical (unpaired) electrons. The molecule has 6 heteroatoms. The molecule has 0 saturated heterocycles. The van der Waals surface area contributed by atoms with E-state index in [1.807, 2.05) is 18.5 Å². The quantitative estimate of drug-likeness (QED) is 0.774. The second-order valence-electron chi connectivity index (χ2n) is 3.93. The fourth-order valence-corrected chi connectivity index (χ4v) is 2.20. The van der Waals surface area contributed by atoms with Crippen molar-refractivity contribution in [3.63, 3.8) is 0 Å². The number of rotatable bonds is 7. The first-order valence-corrected chi connectivity index (χ1v) is 7.50. The lowest BCUT2D eigenvalue weighted by atomic mass is 10.4. The number of nitrogens with one attached hydrogen (secondary N) is 1. The standard InChI is InChI=1S/C11H22N4OS/c1-4-7-15-11(10(12)9(3)14-15)13-6-8-17(16)5-2/h13H,4-8,12H2,1-3H3. The van der Waals surface area contributed by atoms with Crippen molar-refractivity contribution in [2.75, 3.05) is 29.1 Å². The maximum Gasteiger partial charge on any atom is 0.148 e. The smallest absolute Gasteiger partial charge is 0.148 e. The molecule has 0 aliphatic rings. The number of hydrogen-bond acceptors (Lipinski definition) is 4. The van der Waals surface area contributed by atoms with Gasteiger partial charge in [-0.05, 0) is 13.3 Å². The van der Waals surface area contributed by atoms with Gasteiger partial charge in [0.25, 0.3) is 0 Å². The summed E-state index contributed by atoms with van der Waals surface area (Å²) in [7, 11) is -0.744. The van der Waals surface area contributed by atoms with E-state index in [0.29, 0.717) is 23.7 Å². The summed E-state index contributed by atoms with van der Waals surface area (Å²) in [4.78, 5) is 0. The molecule has 0 fully saturated rings. The fraction of sp³-hybridized carbons (Fsp3) is 0.727. The lowest BCUT2D eigenvalue weighted by Gasteiger charge is -2.09. The monoisotopic (exact) mass is 258 g/mol. The third-order valence-electron chi connectivity index (χ3n) is 2.55. The van der Waals surface area contributed by atoms with Gasteiger partial charge < -0.3 is 11.1 Å². The zero-order valence-electron chi connectivity index (χ0n) is 10.8. The number of aryl methyl sites for hydroxylation is 2. The van der Waals surface area contributed by atoms with E-state index >= 15 is 0 Å². The van der Waals surface area contributed by atoms with Crippen molar-refractivity contribution in [3.05, 3.63) is 5.69 Å². The van der Waals surface area contributed by atoms with Gasteiger partial charge in [0, 0.05) is 35.4 Å². The molecule has 1 atom stereocenters. The van der Waals surface area contributed by atoms with Crippen molar-refractivity contribution < 1.29 is 4.21 Å². The van der Waals surface area contributed by atoms with Crippen LogP contribution in [0.25, 0.3) is 0 Å². The molecule has 0 spiro atoms. The summed E-state index contributed by atoms with van der Waals surface area (Å²) in [6.07, 6.45) is 1.01. The Kier molecular flexibility index (Phi) is 5.47. The number of nitrogens with zero attached hydrogens (tertiary/aromatic N) is 2. The van der Waals surface area contributed by atoms with Crippen LogP contribution in [0.3, 0.4) is 0 Å². The third kappa shape index (κ3) is 3.73. The highest BCUT2D eigenvalue weighted by Gasteiger charge is 2.11. The van der Waals surface area contributed by atoms with E-state index in [0.717, 1.165) is 24.5 Å². The Morgan fingerprint density at radius 3 is 2.76 bits per heavy atom. The number of anilines is 2. The minimum absolute atomic E-state index is 0.645. The molecule has 0 saturated carbocycles. The third-order valence-corrected chi connectivity index (χ3v) is 3.86. The molecule has 3 N–H and O–H groups in total. The molecular formula is C11H22N4OS. The summed E-state index contributed by atoms with van der Waals surface area (Å²) in [5, 5.41) is 7.61. The molecule has 98 valence electrons. The van der Waals surface area contributed by atoms with E-state index in [-0.39, 0.29) is 0 Å². The molecule has 5 nitrogen and oxygen atoms in total. The minimum atomic E-state index is -0.744. The number of hydrogen-bond donors (Lipinski definition) is 2. The highest BCUT2D eigenvalue weighted by molar-refractivity contribution is 7.84. The number of nitrogen functional groups attached to an aromatic ring is 1. The van der Waals surface area contributed by atoms with Crippen molar-refractivity contribution in [2.45, 2.75) is 33.7 Å². The second kappa shape index (κ2) is 6.64. The van der Waals surface area contributed by atoms with Crippen LogP contribution in [-0.2, 0) is 17.3 Å². The molecular weight excluding hydrogens is 236 g/mol. The van der Waals surface area contributed by atoms with Crippen LogP contribution in [-0.4, -0.2) is 32.0 Å². The molecule has 17 heavy (non-hydrogen) atoms. The van der Waals surface area contributed by atoms with E-state index in [1.54, 1.807) is 0 Å². The summed E-state index contributed by atoms with van der Waals surface area (Å²) in [5.41, 5.74) is 7.50. The van der Waals surface area contributed by atoms with E-state index in [9.17, 15) is 4.21 Å². The highest BCUT2D eigenvalue weighted by atomic mass is 32.2. The molecule has 1 aromatic rings. The van der Waals surface area contributed by atoms with Crippen LogP contribution in [0.4, 0.5) is 11.5 Å². The Labute approximate surface area is 105 Å². The summed E-state index contributed by atoms with van der Waals surface area (Å²) >= 11 is 0. The zero-order valence-corrected chi connectivity index (χ0v) is 11.6. The van der Waals surface area contributed by atoms with Gasteiger partial charge in [0.2, 0.25) is 0 Å². The molecule has 1 heterocycles. The SMILES string of the molecule is CCCn1nc(C)c(N)c1NCCS(=O)CC. The first kappa shape index (κ1) is 14.0. The second-order valence-corrected chi connectivity index (χ2v) is 5.80. The lowest BCUT2D eigenvalue weighted by molar-refractivity contribution is 0.603. The van der Waals surface area contributed by atoms with Crippen LogP contribution < -0.4 is 11.1 Å². The Balaban J connectivity index is 2.65. The number of aromatic nitrogens is 2. The van der Waals surface area contributed by atoms with Gasteiger partial charge in [0.05, 0.1) is 11.4 Å². The first-order chi connectivity index (χ1) is 8.10. The Bertz CT molecular complexity index is 389. The van der Waals surface area contributed by atoms with Crippen molar-refractivity contribution in [2.24, 2.45) is 0 Å². The molecule has 1 rings (SSSR count). The lowest BCUT2D eigenvalue weighted by Crippen LogP contribution is -2.15. The van der Waals surface area contributed by atoms with Crippen molar-refractivity contribution in [1.29, 1.82) is 0 Å². The van der Waals surface area contributed by atoms with Gasteiger partial charge in [-0.3, -0.25) is 4.21 Å². The average Bonchev–Trinajstić information content (AvgIpc) is 2.57. The molecule has 1 aromatic heterocycles. The van der Waals surface area contributed by atoms with Gasteiger partial charge >= 0.3 is 0 Å². The molecule has 0 amide bonds.